The highest BCUT2D eigenvalue weighted by atomic mass is 16.5. The van der Waals surface area contributed by atoms with Gasteiger partial charge in [-0.25, -0.2) is 4.98 Å². The van der Waals surface area contributed by atoms with E-state index in [-0.39, 0.29) is 0 Å². The maximum Gasteiger partial charge on any atom is 0.181 e. The van der Waals surface area contributed by atoms with E-state index >= 15 is 0 Å². The Balaban J connectivity index is 1.57. The molecule has 5 nitrogen and oxygen atoms in total. The number of nitrogens with zero attached hydrogens (tertiary/aromatic N) is 2. The molecule has 0 unspecified atom stereocenters. The van der Waals surface area contributed by atoms with Crippen molar-refractivity contribution in [3.05, 3.63) is 114 Å². The summed E-state index contributed by atoms with van der Waals surface area (Å²) >= 11 is 0. The van der Waals surface area contributed by atoms with Gasteiger partial charge in [0.25, 0.3) is 0 Å². The van der Waals surface area contributed by atoms with Crippen LogP contribution in [0, 0.1) is 0 Å². The number of hydrogen-bond donors (Lipinski definition) is 1. The Kier molecular flexibility index (Phi) is 5.93. The molecule has 0 bridgehead atoms. The summed E-state index contributed by atoms with van der Waals surface area (Å²) in [5.74, 6) is 2.39. The minimum absolute atomic E-state index is 0.476. The van der Waals surface area contributed by atoms with Crippen molar-refractivity contribution >= 4 is 11.5 Å². The van der Waals surface area contributed by atoms with E-state index < -0.39 is 0 Å². The van der Waals surface area contributed by atoms with E-state index in [1.54, 1.807) is 7.11 Å². The number of aromatic nitrogens is 2. The number of ether oxygens (including phenoxy) is 2. The minimum atomic E-state index is 0.476. The summed E-state index contributed by atoms with van der Waals surface area (Å²) in [5.41, 5.74) is 4.80. The highest BCUT2D eigenvalue weighted by molar-refractivity contribution is 5.81. The molecule has 0 fully saturated rings. The van der Waals surface area contributed by atoms with E-state index in [4.69, 9.17) is 14.5 Å². The van der Waals surface area contributed by atoms with Gasteiger partial charge in [0.1, 0.15) is 23.9 Å². The molecule has 0 aliphatic carbocycles. The lowest BCUT2D eigenvalue weighted by Crippen LogP contribution is -2.04. The number of fused-ring (bicyclic) bond motifs is 1. The lowest BCUT2D eigenvalue weighted by Gasteiger charge is -2.11. The number of nitrogens with one attached hydrogen (secondary N) is 1. The molecule has 0 saturated carbocycles. The first kappa shape index (κ1) is 20.6. The van der Waals surface area contributed by atoms with Crippen LogP contribution in [-0.2, 0) is 13.2 Å². The van der Waals surface area contributed by atoms with Crippen LogP contribution in [0.4, 0.5) is 5.82 Å². The summed E-state index contributed by atoms with van der Waals surface area (Å²) in [5, 5.41) is 3.59. The molecule has 0 spiro atoms. The SMILES string of the molecule is COc1ccccc1-c1nc2c(OCc3ccccc3)cccn2c1NCc1ccccc1. The van der Waals surface area contributed by atoms with E-state index in [1.165, 1.54) is 5.56 Å². The van der Waals surface area contributed by atoms with Gasteiger partial charge in [0.2, 0.25) is 0 Å². The monoisotopic (exact) mass is 435 g/mol. The van der Waals surface area contributed by atoms with E-state index in [1.807, 2.05) is 83.4 Å². The maximum atomic E-state index is 6.19. The normalized spacial score (nSPS) is 10.8. The Labute approximate surface area is 193 Å². The fraction of sp³-hybridized carbons (Fsp3) is 0.107. The van der Waals surface area contributed by atoms with Crippen molar-refractivity contribution in [3.63, 3.8) is 0 Å². The molecule has 5 aromatic rings. The smallest absolute Gasteiger partial charge is 0.181 e. The topological polar surface area (TPSA) is 47.8 Å². The number of benzene rings is 3. The quantitative estimate of drug-likeness (QED) is 0.315. The summed E-state index contributed by atoms with van der Waals surface area (Å²) in [4.78, 5) is 5.01. The van der Waals surface area contributed by atoms with Crippen molar-refractivity contribution in [2.45, 2.75) is 13.2 Å². The third kappa shape index (κ3) is 4.39. The molecular weight excluding hydrogens is 410 g/mol. The molecule has 5 heteroatoms. The van der Waals surface area contributed by atoms with Gasteiger partial charge in [0, 0.05) is 18.3 Å². The number of hydrogen-bond acceptors (Lipinski definition) is 4. The highest BCUT2D eigenvalue weighted by Crippen LogP contribution is 2.37. The van der Waals surface area contributed by atoms with Gasteiger partial charge in [0.05, 0.1) is 7.11 Å². The fourth-order valence-corrected chi connectivity index (χ4v) is 3.87. The van der Waals surface area contributed by atoms with Crippen molar-refractivity contribution in [1.29, 1.82) is 0 Å². The first-order chi connectivity index (χ1) is 16.3. The second-order valence-electron chi connectivity index (χ2n) is 7.69. The van der Waals surface area contributed by atoms with Gasteiger partial charge in [-0.05, 0) is 35.4 Å². The van der Waals surface area contributed by atoms with Crippen LogP contribution in [-0.4, -0.2) is 16.5 Å². The molecule has 0 saturated heterocycles. The molecule has 164 valence electrons. The molecule has 2 aromatic heterocycles. The van der Waals surface area contributed by atoms with E-state index in [2.05, 4.69) is 29.6 Å². The summed E-state index contributed by atoms with van der Waals surface area (Å²) < 4.78 is 13.9. The number of anilines is 1. The molecule has 0 amide bonds. The van der Waals surface area contributed by atoms with Crippen LogP contribution in [0.25, 0.3) is 16.9 Å². The Bertz CT molecular complexity index is 1350. The predicted octanol–water partition coefficient (Wildman–Crippen LogP) is 6.20. The van der Waals surface area contributed by atoms with Crippen molar-refractivity contribution in [1.82, 2.24) is 9.38 Å². The number of rotatable bonds is 8. The predicted molar refractivity (Wildman–Crippen MR) is 132 cm³/mol. The van der Waals surface area contributed by atoms with Gasteiger partial charge >= 0.3 is 0 Å². The average Bonchev–Trinajstić information content (AvgIpc) is 3.26. The van der Waals surface area contributed by atoms with Crippen LogP contribution >= 0.6 is 0 Å². The minimum Gasteiger partial charge on any atom is -0.496 e. The van der Waals surface area contributed by atoms with Crippen LogP contribution in [0.15, 0.2) is 103 Å². The van der Waals surface area contributed by atoms with Crippen LogP contribution < -0.4 is 14.8 Å². The Morgan fingerprint density at radius 1 is 0.758 bits per heavy atom. The standard InChI is InChI=1S/C28H25N3O2/c1-32-24-16-9-8-15-23(24)26-28(29-19-21-11-4-2-5-12-21)31-18-10-17-25(27(31)30-26)33-20-22-13-6-3-7-14-22/h2-18,29H,19-20H2,1H3. The summed E-state index contributed by atoms with van der Waals surface area (Å²) in [6, 6.07) is 32.3. The summed E-state index contributed by atoms with van der Waals surface area (Å²) in [7, 11) is 1.68. The number of methoxy groups -OCH3 is 1. The first-order valence-electron chi connectivity index (χ1n) is 10.9. The van der Waals surface area contributed by atoms with Crippen molar-refractivity contribution in [3.8, 4) is 22.8 Å². The number of imidazole rings is 1. The summed E-state index contributed by atoms with van der Waals surface area (Å²) in [6.45, 7) is 1.15. The third-order valence-corrected chi connectivity index (χ3v) is 5.52. The molecule has 1 N–H and O–H groups in total. The second kappa shape index (κ2) is 9.49. The third-order valence-electron chi connectivity index (χ3n) is 5.52. The lowest BCUT2D eigenvalue weighted by molar-refractivity contribution is 0.308. The number of para-hydroxylation sites is 1. The zero-order chi connectivity index (χ0) is 22.5. The molecule has 33 heavy (non-hydrogen) atoms. The molecule has 5 rings (SSSR count). The first-order valence-corrected chi connectivity index (χ1v) is 10.9. The highest BCUT2D eigenvalue weighted by Gasteiger charge is 2.19. The van der Waals surface area contributed by atoms with E-state index in [9.17, 15) is 0 Å². The van der Waals surface area contributed by atoms with Gasteiger partial charge in [-0.2, -0.15) is 0 Å². The van der Waals surface area contributed by atoms with Gasteiger partial charge in [-0.1, -0.05) is 72.8 Å². The van der Waals surface area contributed by atoms with Gasteiger partial charge in [0.15, 0.2) is 11.4 Å². The molecule has 2 heterocycles. The lowest BCUT2D eigenvalue weighted by atomic mass is 10.1. The molecule has 0 radical (unpaired) electrons. The Morgan fingerprint density at radius 3 is 2.18 bits per heavy atom. The van der Waals surface area contributed by atoms with Crippen LogP contribution in [0.2, 0.25) is 0 Å². The zero-order valence-electron chi connectivity index (χ0n) is 18.4. The van der Waals surface area contributed by atoms with Crippen molar-refractivity contribution < 1.29 is 9.47 Å². The maximum absolute atomic E-state index is 6.19. The fourth-order valence-electron chi connectivity index (χ4n) is 3.87. The Morgan fingerprint density at radius 2 is 1.42 bits per heavy atom. The van der Waals surface area contributed by atoms with Gasteiger partial charge in [-0.15, -0.1) is 0 Å². The zero-order valence-corrected chi connectivity index (χ0v) is 18.4. The number of pyridine rings is 1. The van der Waals surface area contributed by atoms with Crippen LogP contribution in [0.5, 0.6) is 11.5 Å². The van der Waals surface area contributed by atoms with E-state index in [0.29, 0.717) is 13.2 Å². The molecule has 3 aromatic carbocycles. The largest absolute Gasteiger partial charge is 0.496 e. The Hall–Kier alpha value is -4.25. The van der Waals surface area contributed by atoms with Crippen LogP contribution in [0.1, 0.15) is 11.1 Å². The summed E-state index contributed by atoms with van der Waals surface area (Å²) in [6.07, 6.45) is 2.00. The molecular formula is C28H25N3O2. The second-order valence-corrected chi connectivity index (χ2v) is 7.69. The molecule has 0 aliphatic heterocycles. The molecule has 0 aliphatic rings. The average molecular weight is 436 g/mol. The van der Waals surface area contributed by atoms with Crippen LogP contribution in [0.3, 0.4) is 0 Å². The van der Waals surface area contributed by atoms with Gasteiger partial charge in [-0.3, -0.25) is 4.40 Å². The van der Waals surface area contributed by atoms with E-state index in [0.717, 1.165) is 39.8 Å². The van der Waals surface area contributed by atoms with Crippen molar-refractivity contribution in [2.75, 3.05) is 12.4 Å². The molecule has 0 atom stereocenters. The van der Waals surface area contributed by atoms with Gasteiger partial charge < -0.3 is 14.8 Å². The van der Waals surface area contributed by atoms with Crippen molar-refractivity contribution in [2.24, 2.45) is 0 Å².